The van der Waals surface area contributed by atoms with Crippen molar-refractivity contribution in [2.75, 3.05) is 17.8 Å². The number of benzene rings is 2. The van der Waals surface area contributed by atoms with E-state index >= 15 is 0 Å². The maximum Gasteiger partial charge on any atom is 0.261 e. The second-order valence-corrected chi connectivity index (χ2v) is 8.76. The van der Waals surface area contributed by atoms with Gasteiger partial charge in [-0.25, -0.2) is 4.98 Å². The van der Waals surface area contributed by atoms with Crippen LogP contribution in [0, 0.1) is 0 Å². The van der Waals surface area contributed by atoms with Crippen LogP contribution in [0.4, 0.5) is 5.13 Å². The molecule has 0 bridgehead atoms. The summed E-state index contributed by atoms with van der Waals surface area (Å²) in [6.45, 7) is 2.42. The summed E-state index contributed by atoms with van der Waals surface area (Å²) in [6, 6.07) is 19.2. The molecule has 1 amide bonds. The van der Waals surface area contributed by atoms with Gasteiger partial charge in [0.15, 0.2) is 5.13 Å². The zero-order valence-electron chi connectivity index (χ0n) is 16.7. The van der Waals surface area contributed by atoms with Gasteiger partial charge in [-0.15, -0.1) is 11.8 Å². The lowest BCUT2D eigenvalue weighted by molar-refractivity contribution is 0.0982. The summed E-state index contributed by atoms with van der Waals surface area (Å²) in [5.74, 6) is 1.50. The molecule has 5 nitrogen and oxygen atoms in total. The number of para-hydroxylation sites is 1. The highest BCUT2D eigenvalue weighted by Crippen LogP contribution is 2.36. The molecule has 2 aromatic heterocycles. The van der Waals surface area contributed by atoms with Gasteiger partial charge in [0.05, 0.1) is 29.6 Å². The van der Waals surface area contributed by atoms with Gasteiger partial charge in [-0.2, -0.15) is 0 Å². The number of methoxy groups -OCH3 is 1. The first kappa shape index (κ1) is 20.4. The number of amides is 1. The van der Waals surface area contributed by atoms with Crippen LogP contribution < -0.4 is 9.64 Å². The fourth-order valence-corrected chi connectivity index (χ4v) is 4.92. The van der Waals surface area contributed by atoms with Crippen molar-refractivity contribution in [2.45, 2.75) is 18.4 Å². The van der Waals surface area contributed by atoms with E-state index in [1.54, 1.807) is 30.0 Å². The van der Waals surface area contributed by atoms with E-state index in [0.717, 1.165) is 26.6 Å². The maximum atomic E-state index is 13.7. The first-order valence-electron chi connectivity index (χ1n) is 9.58. The lowest BCUT2D eigenvalue weighted by atomic mass is 10.2. The van der Waals surface area contributed by atoms with Gasteiger partial charge in [-0.1, -0.05) is 42.5 Å². The number of anilines is 1. The number of fused-ring (bicyclic) bond motifs is 1. The van der Waals surface area contributed by atoms with Gasteiger partial charge in [-0.05, 0) is 42.2 Å². The number of hydrogen-bond donors (Lipinski definition) is 0. The summed E-state index contributed by atoms with van der Waals surface area (Å²) in [5, 5.41) is 0.626. The molecular weight excluding hydrogens is 414 g/mol. The molecule has 0 unspecified atom stereocenters. The van der Waals surface area contributed by atoms with Gasteiger partial charge >= 0.3 is 0 Å². The van der Waals surface area contributed by atoms with Crippen LogP contribution in [-0.4, -0.2) is 28.7 Å². The van der Waals surface area contributed by atoms with Crippen LogP contribution in [0.2, 0.25) is 0 Å². The normalized spacial score (nSPS) is 10.9. The number of thioether (sulfide) groups is 1. The van der Waals surface area contributed by atoms with Crippen molar-refractivity contribution < 1.29 is 9.53 Å². The average Bonchev–Trinajstić information content (AvgIpc) is 3.22. The Morgan fingerprint density at radius 1 is 1.10 bits per heavy atom. The number of hydrogen-bond acceptors (Lipinski definition) is 6. The Hall–Kier alpha value is -2.90. The van der Waals surface area contributed by atoms with E-state index < -0.39 is 0 Å². The number of thiazole rings is 1. The third-order valence-corrected chi connectivity index (χ3v) is 6.53. The Morgan fingerprint density at radius 3 is 2.70 bits per heavy atom. The molecule has 0 aliphatic rings. The predicted octanol–water partition coefficient (Wildman–Crippen LogP) is 5.66. The van der Waals surface area contributed by atoms with E-state index in [2.05, 4.69) is 11.9 Å². The van der Waals surface area contributed by atoms with Crippen LogP contribution in [0.5, 0.6) is 5.75 Å². The molecule has 0 N–H and O–H groups in total. The molecule has 4 aromatic rings. The Balaban J connectivity index is 1.80. The number of nitrogens with zero attached hydrogens (tertiary/aromatic N) is 3. The minimum Gasteiger partial charge on any atom is -0.494 e. The number of rotatable bonds is 7. The van der Waals surface area contributed by atoms with Gasteiger partial charge in [-0.3, -0.25) is 14.7 Å². The highest BCUT2D eigenvalue weighted by Gasteiger charge is 2.24. The minimum atomic E-state index is -0.0878. The number of carbonyl (C=O) groups excluding carboxylic acids is 1. The topological polar surface area (TPSA) is 55.3 Å². The minimum absolute atomic E-state index is 0.0878. The zero-order chi connectivity index (χ0) is 20.9. The standard InChI is InChI=1S/C23H21N3O2S2/c1-3-29-19-12-5-4-10-17(19)22(27)26(15-16-9-6-7-14-24-16)23-25-21-18(28-2)11-8-13-20(21)30-23/h4-14H,3,15H2,1-2H3. The van der Waals surface area contributed by atoms with Gasteiger partial charge < -0.3 is 4.74 Å². The molecule has 0 atom stereocenters. The summed E-state index contributed by atoms with van der Waals surface area (Å²) in [7, 11) is 1.63. The van der Waals surface area contributed by atoms with E-state index in [4.69, 9.17) is 9.72 Å². The van der Waals surface area contributed by atoms with Gasteiger partial charge in [0, 0.05) is 11.1 Å². The third kappa shape index (κ3) is 4.17. The SMILES string of the molecule is CCSc1ccccc1C(=O)N(Cc1ccccn1)c1nc2c(OC)cccc2s1. The molecule has 2 heterocycles. The van der Waals surface area contributed by atoms with E-state index in [1.165, 1.54) is 11.3 Å². The molecule has 2 aromatic carbocycles. The molecule has 30 heavy (non-hydrogen) atoms. The highest BCUT2D eigenvalue weighted by atomic mass is 32.2. The summed E-state index contributed by atoms with van der Waals surface area (Å²) < 4.78 is 6.43. The van der Waals surface area contributed by atoms with Gasteiger partial charge in [0.1, 0.15) is 11.3 Å². The lowest BCUT2D eigenvalue weighted by Gasteiger charge is -2.21. The molecule has 7 heteroatoms. The lowest BCUT2D eigenvalue weighted by Crippen LogP contribution is -2.31. The number of aromatic nitrogens is 2. The second-order valence-electron chi connectivity index (χ2n) is 6.45. The highest BCUT2D eigenvalue weighted by molar-refractivity contribution is 7.99. The van der Waals surface area contributed by atoms with Crippen molar-refractivity contribution in [1.82, 2.24) is 9.97 Å². The molecule has 0 aliphatic carbocycles. The Kier molecular flexibility index (Phi) is 6.30. The summed E-state index contributed by atoms with van der Waals surface area (Å²) in [4.78, 5) is 25.6. The van der Waals surface area contributed by atoms with Crippen LogP contribution in [-0.2, 0) is 6.54 Å². The van der Waals surface area contributed by atoms with Crippen LogP contribution >= 0.6 is 23.1 Å². The molecule has 152 valence electrons. The van der Waals surface area contributed by atoms with E-state index in [9.17, 15) is 4.79 Å². The summed E-state index contributed by atoms with van der Waals surface area (Å²) >= 11 is 3.14. The van der Waals surface area contributed by atoms with Crippen LogP contribution in [0.1, 0.15) is 23.0 Å². The Morgan fingerprint density at radius 2 is 1.93 bits per heavy atom. The van der Waals surface area contributed by atoms with Gasteiger partial charge in [0.25, 0.3) is 5.91 Å². The first-order chi connectivity index (χ1) is 14.7. The van der Waals surface area contributed by atoms with Crippen molar-refractivity contribution in [3.63, 3.8) is 0 Å². The summed E-state index contributed by atoms with van der Waals surface area (Å²) in [6.07, 6.45) is 1.74. The van der Waals surface area contributed by atoms with Crippen molar-refractivity contribution in [3.05, 3.63) is 78.1 Å². The number of ether oxygens (including phenoxy) is 1. The molecular formula is C23H21N3O2S2. The van der Waals surface area contributed by atoms with E-state index in [1.807, 2.05) is 60.7 Å². The Bertz CT molecular complexity index is 1160. The quantitative estimate of drug-likeness (QED) is 0.351. The molecule has 0 saturated heterocycles. The fourth-order valence-electron chi connectivity index (χ4n) is 3.14. The number of carbonyl (C=O) groups is 1. The van der Waals surface area contributed by atoms with Crippen LogP contribution in [0.15, 0.2) is 71.8 Å². The fraction of sp³-hybridized carbons (Fsp3) is 0.174. The van der Waals surface area contributed by atoms with Crippen molar-refractivity contribution >= 4 is 44.4 Å². The largest absolute Gasteiger partial charge is 0.494 e. The van der Waals surface area contributed by atoms with E-state index in [-0.39, 0.29) is 5.91 Å². The smallest absolute Gasteiger partial charge is 0.261 e. The van der Waals surface area contributed by atoms with E-state index in [0.29, 0.717) is 23.0 Å². The molecule has 0 radical (unpaired) electrons. The maximum absolute atomic E-state index is 13.7. The van der Waals surface area contributed by atoms with Crippen molar-refractivity contribution in [1.29, 1.82) is 0 Å². The molecule has 0 aliphatic heterocycles. The first-order valence-corrected chi connectivity index (χ1v) is 11.4. The third-order valence-electron chi connectivity index (χ3n) is 4.53. The predicted molar refractivity (Wildman–Crippen MR) is 124 cm³/mol. The summed E-state index contributed by atoms with van der Waals surface area (Å²) in [5.41, 5.74) is 2.24. The zero-order valence-corrected chi connectivity index (χ0v) is 18.4. The van der Waals surface area contributed by atoms with Crippen LogP contribution in [0.25, 0.3) is 10.2 Å². The molecule has 0 fully saturated rings. The molecule has 0 spiro atoms. The monoisotopic (exact) mass is 435 g/mol. The molecule has 4 rings (SSSR count). The van der Waals surface area contributed by atoms with Crippen molar-refractivity contribution in [2.24, 2.45) is 0 Å². The Labute approximate surface area is 183 Å². The molecule has 0 saturated carbocycles. The number of pyridine rings is 1. The van der Waals surface area contributed by atoms with Crippen LogP contribution in [0.3, 0.4) is 0 Å². The van der Waals surface area contributed by atoms with Gasteiger partial charge in [0.2, 0.25) is 0 Å². The average molecular weight is 436 g/mol. The van der Waals surface area contributed by atoms with Crippen molar-refractivity contribution in [3.8, 4) is 5.75 Å². The second kappa shape index (κ2) is 9.28.